The van der Waals surface area contributed by atoms with Gasteiger partial charge in [-0.3, -0.25) is 14.8 Å². The second-order valence-electron chi connectivity index (χ2n) is 5.44. The van der Waals surface area contributed by atoms with Gasteiger partial charge in [-0.2, -0.15) is 0 Å². The summed E-state index contributed by atoms with van der Waals surface area (Å²) < 4.78 is 0. The van der Waals surface area contributed by atoms with Crippen LogP contribution in [0.3, 0.4) is 0 Å². The van der Waals surface area contributed by atoms with Gasteiger partial charge in [-0.1, -0.05) is 18.2 Å². The Morgan fingerprint density at radius 1 is 1.12 bits per heavy atom. The molecule has 1 aromatic carbocycles. The van der Waals surface area contributed by atoms with Gasteiger partial charge in [0.05, 0.1) is 28.7 Å². The first-order chi connectivity index (χ1) is 11.7. The van der Waals surface area contributed by atoms with Crippen LogP contribution in [0, 0.1) is 0 Å². The largest absolute Gasteiger partial charge is 0.371 e. The lowest BCUT2D eigenvalue weighted by Gasteiger charge is -2.20. The Kier molecular flexibility index (Phi) is 4.70. The molecule has 0 spiro atoms. The van der Waals surface area contributed by atoms with Crippen LogP contribution in [-0.4, -0.2) is 29.0 Å². The van der Waals surface area contributed by atoms with Crippen molar-refractivity contribution in [2.45, 2.75) is 13.8 Å². The van der Waals surface area contributed by atoms with Gasteiger partial charge in [0.2, 0.25) is 0 Å². The monoisotopic (exact) mass is 320 g/mol. The number of nitrogens with one attached hydrogen (secondary N) is 1. The average Bonchev–Trinajstić information content (AvgIpc) is 2.63. The van der Waals surface area contributed by atoms with Crippen molar-refractivity contribution >= 4 is 28.2 Å². The van der Waals surface area contributed by atoms with Crippen molar-refractivity contribution in [2.24, 2.45) is 0 Å². The number of aromatic nitrogens is 2. The number of rotatable bonds is 5. The number of amides is 1. The fraction of sp³-hybridized carbons (Fsp3) is 0.211. The maximum atomic E-state index is 12.6. The smallest absolute Gasteiger partial charge is 0.257 e. The van der Waals surface area contributed by atoms with E-state index in [0.717, 1.165) is 29.7 Å². The molecule has 0 radical (unpaired) electrons. The predicted octanol–water partition coefficient (Wildman–Crippen LogP) is 3.73. The van der Waals surface area contributed by atoms with Gasteiger partial charge in [-0.05, 0) is 32.0 Å². The molecule has 0 saturated carbocycles. The number of hydrogen-bond donors (Lipinski definition) is 1. The summed E-state index contributed by atoms with van der Waals surface area (Å²) in [7, 11) is 0. The summed E-state index contributed by atoms with van der Waals surface area (Å²) in [6, 6.07) is 11.5. The first-order valence-corrected chi connectivity index (χ1v) is 8.08. The highest BCUT2D eigenvalue weighted by molar-refractivity contribution is 6.08. The number of anilines is 2. The van der Waals surface area contributed by atoms with Crippen LogP contribution in [0.25, 0.3) is 10.9 Å². The zero-order chi connectivity index (χ0) is 16.9. The van der Waals surface area contributed by atoms with Crippen molar-refractivity contribution in [3.05, 3.63) is 60.6 Å². The van der Waals surface area contributed by atoms with Crippen molar-refractivity contribution < 1.29 is 4.79 Å². The lowest BCUT2D eigenvalue weighted by molar-refractivity contribution is 0.102. The number of benzene rings is 1. The molecule has 0 bridgehead atoms. The van der Waals surface area contributed by atoms with E-state index in [-0.39, 0.29) is 5.91 Å². The third kappa shape index (κ3) is 3.20. The van der Waals surface area contributed by atoms with Crippen LogP contribution < -0.4 is 10.2 Å². The standard InChI is InChI=1S/C19H20N4O/c1-3-23(4-2)16-11-15(12-20-13-16)19(24)22-17-9-5-7-14-8-6-10-21-18(14)17/h5-13H,3-4H2,1-2H3,(H,22,24). The number of hydrogen-bond acceptors (Lipinski definition) is 4. The van der Waals surface area contributed by atoms with Crippen LogP contribution in [0.1, 0.15) is 24.2 Å². The molecule has 0 aliphatic carbocycles. The van der Waals surface area contributed by atoms with Gasteiger partial charge in [0, 0.05) is 30.9 Å². The zero-order valence-corrected chi connectivity index (χ0v) is 13.9. The van der Waals surface area contributed by atoms with E-state index in [2.05, 4.69) is 34.0 Å². The van der Waals surface area contributed by atoms with Crippen molar-refractivity contribution in [3.63, 3.8) is 0 Å². The Labute approximate surface area is 141 Å². The Hall–Kier alpha value is -2.95. The van der Waals surface area contributed by atoms with Crippen molar-refractivity contribution in [2.75, 3.05) is 23.3 Å². The minimum Gasteiger partial charge on any atom is -0.371 e. The van der Waals surface area contributed by atoms with Gasteiger partial charge >= 0.3 is 0 Å². The Balaban J connectivity index is 1.88. The van der Waals surface area contributed by atoms with Gasteiger partial charge in [0.25, 0.3) is 5.91 Å². The molecule has 5 nitrogen and oxygen atoms in total. The zero-order valence-electron chi connectivity index (χ0n) is 13.9. The van der Waals surface area contributed by atoms with E-state index in [1.807, 2.05) is 36.4 Å². The van der Waals surface area contributed by atoms with Crippen LogP contribution in [0.5, 0.6) is 0 Å². The summed E-state index contributed by atoms with van der Waals surface area (Å²) in [5, 5.41) is 3.93. The number of nitrogens with zero attached hydrogens (tertiary/aromatic N) is 3. The predicted molar refractivity (Wildman–Crippen MR) is 97.5 cm³/mol. The number of para-hydroxylation sites is 1. The molecule has 0 saturated heterocycles. The maximum absolute atomic E-state index is 12.6. The minimum absolute atomic E-state index is 0.186. The van der Waals surface area contributed by atoms with Crippen molar-refractivity contribution in [3.8, 4) is 0 Å². The fourth-order valence-corrected chi connectivity index (χ4v) is 2.71. The maximum Gasteiger partial charge on any atom is 0.257 e. The van der Waals surface area contributed by atoms with Crippen molar-refractivity contribution in [1.82, 2.24) is 9.97 Å². The average molecular weight is 320 g/mol. The molecule has 0 atom stereocenters. The van der Waals surface area contributed by atoms with Gasteiger partial charge in [0.1, 0.15) is 0 Å². The van der Waals surface area contributed by atoms with E-state index >= 15 is 0 Å². The van der Waals surface area contributed by atoms with Crippen LogP contribution in [0.15, 0.2) is 55.0 Å². The number of carbonyl (C=O) groups excluding carboxylic acids is 1. The molecule has 2 aromatic heterocycles. The molecule has 1 amide bonds. The van der Waals surface area contributed by atoms with Crippen LogP contribution in [0.4, 0.5) is 11.4 Å². The second-order valence-corrected chi connectivity index (χ2v) is 5.44. The Bertz CT molecular complexity index is 853. The molecule has 0 aliphatic heterocycles. The Morgan fingerprint density at radius 2 is 1.92 bits per heavy atom. The number of carbonyl (C=O) groups is 1. The first-order valence-electron chi connectivity index (χ1n) is 8.08. The molecule has 3 aromatic rings. The lowest BCUT2D eigenvalue weighted by atomic mass is 10.1. The molecule has 0 unspecified atom stereocenters. The highest BCUT2D eigenvalue weighted by Gasteiger charge is 2.11. The molecule has 24 heavy (non-hydrogen) atoms. The molecule has 5 heteroatoms. The third-order valence-corrected chi connectivity index (χ3v) is 4.00. The van der Waals surface area contributed by atoms with Gasteiger partial charge in [-0.15, -0.1) is 0 Å². The van der Waals surface area contributed by atoms with E-state index in [1.54, 1.807) is 18.6 Å². The molecular formula is C19H20N4O. The molecular weight excluding hydrogens is 300 g/mol. The number of pyridine rings is 2. The van der Waals surface area contributed by atoms with Crippen molar-refractivity contribution in [1.29, 1.82) is 0 Å². The van der Waals surface area contributed by atoms with Gasteiger partial charge < -0.3 is 10.2 Å². The molecule has 2 heterocycles. The number of fused-ring (bicyclic) bond motifs is 1. The topological polar surface area (TPSA) is 58.1 Å². The Morgan fingerprint density at radius 3 is 2.71 bits per heavy atom. The molecule has 1 N–H and O–H groups in total. The van der Waals surface area contributed by atoms with Crippen LogP contribution in [0.2, 0.25) is 0 Å². The normalized spacial score (nSPS) is 10.6. The molecule has 3 rings (SSSR count). The summed E-state index contributed by atoms with van der Waals surface area (Å²) >= 11 is 0. The third-order valence-electron chi connectivity index (χ3n) is 4.00. The highest BCUT2D eigenvalue weighted by atomic mass is 16.1. The quantitative estimate of drug-likeness (QED) is 0.778. The van der Waals surface area contributed by atoms with Crippen LogP contribution in [-0.2, 0) is 0 Å². The van der Waals surface area contributed by atoms with E-state index in [9.17, 15) is 4.79 Å². The summed E-state index contributed by atoms with van der Waals surface area (Å²) in [5.41, 5.74) is 2.96. The molecule has 0 fully saturated rings. The van der Waals surface area contributed by atoms with E-state index in [0.29, 0.717) is 11.3 Å². The highest BCUT2D eigenvalue weighted by Crippen LogP contribution is 2.22. The van der Waals surface area contributed by atoms with Gasteiger partial charge in [-0.25, -0.2) is 0 Å². The van der Waals surface area contributed by atoms with E-state index in [4.69, 9.17) is 0 Å². The fourth-order valence-electron chi connectivity index (χ4n) is 2.71. The summed E-state index contributed by atoms with van der Waals surface area (Å²) in [6.45, 7) is 5.91. The van der Waals surface area contributed by atoms with Crippen LogP contribution >= 0.6 is 0 Å². The second kappa shape index (κ2) is 7.08. The summed E-state index contributed by atoms with van der Waals surface area (Å²) in [4.78, 5) is 23.3. The molecule has 122 valence electrons. The lowest BCUT2D eigenvalue weighted by Crippen LogP contribution is -2.22. The summed E-state index contributed by atoms with van der Waals surface area (Å²) in [5.74, 6) is -0.186. The summed E-state index contributed by atoms with van der Waals surface area (Å²) in [6.07, 6.45) is 5.09. The molecule has 0 aliphatic rings. The first kappa shape index (κ1) is 15.9. The minimum atomic E-state index is -0.186. The SMILES string of the molecule is CCN(CC)c1cncc(C(=O)Nc2cccc3cccnc23)c1. The van der Waals surface area contributed by atoms with E-state index in [1.165, 1.54) is 0 Å². The van der Waals surface area contributed by atoms with Gasteiger partial charge in [0.15, 0.2) is 0 Å². The van der Waals surface area contributed by atoms with E-state index < -0.39 is 0 Å².